The molecule has 0 atom stereocenters. The Morgan fingerprint density at radius 1 is 1.67 bits per heavy atom. The molecule has 0 aromatic carbocycles. The van der Waals surface area contributed by atoms with Crippen LogP contribution in [0, 0.1) is 0 Å². The topological polar surface area (TPSA) is 75.4 Å². The molecule has 0 aliphatic carbocycles. The molecule has 2 amide bonds. The lowest BCUT2D eigenvalue weighted by Crippen LogP contribution is -2.29. The molecule has 0 heterocycles. The van der Waals surface area contributed by atoms with E-state index < -0.39 is 6.03 Å². The standard InChI is InChI=1S/C5H10N2O2/c6-5(9)7-3-1-2-4-8/h1-2,8H,3-4H2,(H3,6,7,9). The smallest absolute Gasteiger partial charge is 0.312 e. The molecule has 9 heavy (non-hydrogen) atoms. The molecule has 4 N–H and O–H groups in total. The second kappa shape index (κ2) is 5.11. The van der Waals surface area contributed by atoms with Gasteiger partial charge in [0.15, 0.2) is 0 Å². The van der Waals surface area contributed by atoms with Gasteiger partial charge in [-0.25, -0.2) is 4.79 Å². The van der Waals surface area contributed by atoms with Crippen LogP contribution in [-0.4, -0.2) is 24.3 Å². The van der Waals surface area contributed by atoms with E-state index in [1.807, 2.05) is 0 Å². The fraction of sp³-hybridized carbons (Fsp3) is 0.400. The van der Waals surface area contributed by atoms with Gasteiger partial charge >= 0.3 is 6.03 Å². The summed E-state index contributed by atoms with van der Waals surface area (Å²) in [5, 5.41) is 10.5. The Bertz CT molecular complexity index is 112. The zero-order valence-electron chi connectivity index (χ0n) is 5.00. The Morgan fingerprint density at radius 2 is 2.33 bits per heavy atom. The van der Waals surface area contributed by atoms with Crippen LogP contribution < -0.4 is 11.1 Å². The molecule has 4 heteroatoms. The average Bonchev–Trinajstić information content (AvgIpc) is 1.80. The molecule has 0 radical (unpaired) electrons. The van der Waals surface area contributed by atoms with Crippen LogP contribution in [0.1, 0.15) is 0 Å². The molecular weight excluding hydrogens is 120 g/mol. The van der Waals surface area contributed by atoms with E-state index >= 15 is 0 Å². The molecule has 0 saturated carbocycles. The lowest BCUT2D eigenvalue weighted by atomic mass is 10.5. The van der Waals surface area contributed by atoms with Crippen LogP contribution in [0.3, 0.4) is 0 Å². The summed E-state index contributed by atoms with van der Waals surface area (Å²) in [4.78, 5) is 9.98. The van der Waals surface area contributed by atoms with Crippen LogP contribution in [0.2, 0.25) is 0 Å². The van der Waals surface area contributed by atoms with E-state index in [2.05, 4.69) is 5.32 Å². The second-order valence-corrected chi connectivity index (χ2v) is 1.40. The van der Waals surface area contributed by atoms with Crippen molar-refractivity contribution in [2.24, 2.45) is 5.73 Å². The van der Waals surface area contributed by atoms with E-state index in [0.29, 0.717) is 6.54 Å². The number of nitrogens with one attached hydrogen (secondary N) is 1. The molecule has 0 spiro atoms. The van der Waals surface area contributed by atoms with Gasteiger partial charge in [0.2, 0.25) is 0 Å². The van der Waals surface area contributed by atoms with Crippen molar-refractivity contribution >= 4 is 6.03 Å². The maximum Gasteiger partial charge on any atom is 0.312 e. The lowest BCUT2D eigenvalue weighted by molar-refractivity contribution is 0.250. The van der Waals surface area contributed by atoms with Gasteiger partial charge in [0, 0.05) is 6.54 Å². The highest BCUT2D eigenvalue weighted by Gasteiger charge is 1.83. The minimum absolute atomic E-state index is 0.0135. The van der Waals surface area contributed by atoms with E-state index in [9.17, 15) is 4.79 Å². The summed E-state index contributed by atoms with van der Waals surface area (Å²) in [5.74, 6) is 0. The number of amides is 2. The monoisotopic (exact) mass is 130 g/mol. The SMILES string of the molecule is NC(=O)NCC=CCO. The zero-order valence-corrected chi connectivity index (χ0v) is 5.00. The summed E-state index contributed by atoms with van der Waals surface area (Å²) in [6.07, 6.45) is 3.14. The number of urea groups is 1. The first-order valence-corrected chi connectivity index (χ1v) is 2.56. The number of hydrogen-bond acceptors (Lipinski definition) is 2. The van der Waals surface area contributed by atoms with Crippen molar-refractivity contribution < 1.29 is 9.90 Å². The van der Waals surface area contributed by atoms with Crippen molar-refractivity contribution in [3.05, 3.63) is 12.2 Å². The summed E-state index contributed by atoms with van der Waals surface area (Å²) in [6.45, 7) is 0.357. The van der Waals surface area contributed by atoms with Gasteiger partial charge in [0.1, 0.15) is 0 Å². The van der Waals surface area contributed by atoms with E-state index in [1.54, 1.807) is 6.08 Å². The fourth-order valence-electron chi connectivity index (χ4n) is 0.317. The molecule has 0 bridgehead atoms. The number of hydrogen-bond donors (Lipinski definition) is 3. The minimum Gasteiger partial charge on any atom is -0.392 e. The first kappa shape index (κ1) is 7.97. The molecule has 4 nitrogen and oxygen atoms in total. The van der Waals surface area contributed by atoms with Gasteiger partial charge in [-0.05, 0) is 0 Å². The third kappa shape index (κ3) is 6.97. The van der Waals surface area contributed by atoms with Crippen LogP contribution >= 0.6 is 0 Å². The van der Waals surface area contributed by atoms with Gasteiger partial charge in [0.25, 0.3) is 0 Å². The van der Waals surface area contributed by atoms with Crippen molar-refractivity contribution in [3.63, 3.8) is 0 Å². The molecule has 0 fully saturated rings. The quantitative estimate of drug-likeness (QED) is 0.437. The first-order chi connectivity index (χ1) is 4.27. The summed E-state index contributed by atoms with van der Waals surface area (Å²) in [7, 11) is 0. The van der Waals surface area contributed by atoms with Gasteiger partial charge in [0.05, 0.1) is 6.61 Å². The third-order valence-electron chi connectivity index (χ3n) is 0.666. The van der Waals surface area contributed by atoms with Gasteiger partial charge in [-0.15, -0.1) is 0 Å². The minimum atomic E-state index is -0.558. The average molecular weight is 130 g/mol. The van der Waals surface area contributed by atoms with Gasteiger partial charge in [-0.1, -0.05) is 12.2 Å². The lowest BCUT2D eigenvalue weighted by Gasteiger charge is -1.92. The fourth-order valence-corrected chi connectivity index (χ4v) is 0.317. The maximum atomic E-state index is 9.98. The number of nitrogens with two attached hydrogens (primary N) is 1. The van der Waals surface area contributed by atoms with Crippen LogP contribution in [-0.2, 0) is 0 Å². The number of carbonyl (C=O) groups excluding carboxylic acids is 1. The van der Waals surface area contributed by atoms with Crippen LogP contribution in [0.5, 0.6) is 0 Å². The van der Waals surface area contributed by atoms with Crippen molar-refractivity contribution in [1.82, 2.24) is 5.32 Å². The number of aliphatic hydroxyl groups excluding tert-OH is 1. The second-order valence-electron chi connectivity index (χ2n) is 1.40. The highest BCUT2D eigenvalue weighted by Crippen LogP contribution is 1.66. The predicted octanol–water partition coefficient (Wildman–Crippen LogP) is -0.797. The third-order valence-corrected chi connectivity index (χ3v) is 0.666. The van der Waals surface area contributed by atoms with Crippen LogP contribution in [0.15, 0.2) is 12.2 Å². The molecule has 0 aliphatic heterocycles. The summed E-state index contributed by atoms with van der Waals surface area (Å²) >= 11 is 0. The Morgan fingerprint density at radius 3 is 2.78 bits per heavy atom. The molecule has 0 aromatic heterocycles. The summed E-state index contributed by atoms with van der Waals surface area (Å²) < 4.78 is 0. The Labute approximate surface area is 53.4 Å². The molecule has 0 unspecified atom stereocenters. The van der Waals surface area contributed by atoms with Crippen LogP contribution in [0.25, 0.3) is 0 Å². The van der Waals surface area contributed by atoms with Gasteiger partial charge in [-0.3, -0.25) is 0 Å². The maximum absolute atomic E-state index is 9.98. The Kier molecular flexibility index (Phi) is 4.53. The van der Waals surface area contributed by atoms with Crippen molar-refractivity contribution in [3.8, 4) is 0 Å². The van der Waals surface area contributed by atoms with E-state index in [-0.39, 0.29) is 6.61 Å². The van der Waals surface area contributed by atoms with Crippen LogP contribution in [0.4, 0.5) is 4.79 Å². The zero-order chi connectivity index (χ0) is 7.11. The van der Waals surface area contributed by atoms with Gasteiger partial charge in [-0.2, -0.15) is 0 Å². The van der Waals surface area contributed by atoms with Crippen molar-refractivity contribution in [2.45, 2.75) is 0 Å². The van der Waals surface area contributed by atoms with E-state index in [1.165, 1.54) is 6.08 Å². The predicted molar refractivity (Wildman–Crippen MR) is 33.8 cm³/mol. The number of aliphatic hydroxyl groups is 1. The first-order valence-electron chi connectivity index (χ1n) is 2.56. The Balaban J connectivity index is 3.09. The molecule has 0 rings (SSSR count). The van der Waals surface area contributed by atoms with E-state index in [0.717, 1.165) is 0 Å². The highest BCUT2D eigenvalue weighted by atomic mass is 16.2. The molecule has 0 aliphatic rings. The molecular formula is C5H10N2O2. The molecule has 0 aromatic rings. The largest absolute Gasteiger partial charge is 0.392 e. The normalized spacial score (nSPS) is 9.89. The Hall–Kier alpha value is -1.03. The van der Waals surface area contributed by atoms with Crippen molar-refractivity contribution in [2.75, 3.05) is 13.2 Å². The highest BCUT2D eigenvalue weighted by molar-refractivity contribution is 5.71. The number of primary amides is 1. The summed E-state index contributed by atoms with van der Waals surface area (Å²) in [5.41, 5.74) is 4.73. The van der Waals surface area contributed by atoms with Crippen molar-refractivity contribution in [1.29, 1.82) is 0 Å². The van der Waals surface area contributed by atoms with E-state index in [4.69, 9.17) is 10.8 Å². The molecule has 52 valence electrons. The number of carbonyl (C=O) groups is 1. The summed E-state index contributed by atoms with van der Waals surface area (Å²) in [6, 6.07) is -0.558. The number of rotatable bonds is 3. The molecule has 0 saturated heterocycles. The van der Waals surface area contributed by atoms with Gasteiger partial charge < -0.3 is 16.2 Å².